The number of imidazole rings is 1. The molecule has 0 atom stereocenters. The first-order chi connectivity index (χ1) is 11.0. The van der Waals surface area contributed by atoms with Gasteiger partial charge in [-0.25, -0.2) is 13.4 Å². The van der Waals surface area contributed by atoms with Gasteiger partial charge in [0, 0.05) is 33.4 Å². The van der Waals surface area contributed by atoms with Gasteiger partial charge in [0.25, 0.3) is 0 Å². The minimum Gasteiger partial charge on any atom is -0.385 e. The Labute approximate surface area is 136 Å². The molecule has 0 spiro atoms. The maximum atomic E-state index is 11.3. The number of rotatable bonds is 6. The lowest BCUT2D eigenvalue weighted by Gasteiger charge is -2.27. The Morgan fingerprint density at radius 2 is 2.17 bits per heavy atom. The molecule has 126 valence electrons. The number of hydrogen-bond donors (Lipinski definition) is 1. The molecule has 1 aromatic carbocycles. The number of nitrogens with zero attached hydrogens (tertiary/aromatic N) is 3. The molecule has 2 heterocycles. The molecule has 3 rings (SSSR count). The number of hydrogen-bond acceptors (Lipinski definition) is 5. The highest BCUT2D eigenvalue weighted by molar-refractivity contribution is 7.92. The van der Waals surface area contributed by atoms with Gasteiger partial charge in [0.1, 0.15) is 5.82 Å². The first kappa shape index (κ1) is 16.2. The summed E-state index contributed by atoms with van der Waals surface area (Å²) in [6.45, 7) is 4.47. The van der Waals surface area contributed by atoms with E-state index in [4.69, 9.17) is 4.74 Å². The molecule has 8 heteroatoms. The van der Waals surface area contributed by atoms with Crippen molar-refractivity contribution in [3.8, 4) is 0 Å². The summed E-state index contributed by atoms with van der Waals surface area (Å²) in [4.78, 5) is 7.05. The molecule has 0 unspecified atom stereocenters. The normalized spacial score (nSPS) is 15.7. The smallest absolute Gasteiger partial charge is 0.229 e. The molecule has 1 aliphatic heterocycles. The molecule has 0 aliphatic carbocycles. The van der Waals surface area contributed by atoms with Crippen LogP contribution in [0.25, 0.3) is 11.0 Å². The third-order valence-electron chi connectivity index (χ3n) is 3.96. The number of ether oxygens (including phenoxy) is 1. The van der Waals surface area contributed by atoms with Gasteiger partial charge in [0.05, 0.1) is 29.5 Å². The minimum absolute atomic E-state index is 0.549. The van der Waals surface area contributed by atoms with Crippen LogP contribution in [0.1, 0.15) is 12.2 Å². The second kappa shape index (κ2) is 6.46. The Kier molecular flexibility index (Phi) is 4.56. The van der Waals surface area contributed by atoms with Crippen LogP contribution in [0.5, 0.6) is 0 Å². The van der Waals surface area contributed by atoms with Crippen molar-refractivity contribution >= 4 is 26.7 Å². The molecule has 2 aromatic rings. The Morgan fingerprint density at radius 1 is 1.35 bits per heavy atom. The highest BCUT2D eigenvalue weighted by Gasteiger charge is 2.20. The minimum atomic E-state index is -3.27. The summed E-state index contributed by atoms with van der Waals surface area (Å²) in [5.74, 6) is 1.03. The largest absolute Gasteiger partial charge is 0.385 e. The number of sulfonamides is 1. The van der Waals surface area contributed by atoms with E-state index in [0.29, 0.717) is 5.69 Å². The molecule has 0 saturated carbocycles. The predicted octanol–water partition coefficient (Wildman–Crippen LogP) is 1.26. The molecule has 23 heavy (non-hydrogen) atoms. The molecule has 0 radical (unpaired) electrons. The molecule has 1 aliphatic rings. The van der Waals surface area contributed by atoms with Crippen molar-refractivity contribution in [2.24, 2.45) is 0 Å². The first-order valence-corrected chi connectivity index (χ1v) is 9.53. The third kappa shape index (κ3) is 3.82. The summed E-state index contributed by atoms with van der Waals surface area (Å²) in [7, 11) is -1.55. The zero-order valence-electron chi connectivity index (χ0n) is 13.4. The van der Waals surface area contributed by atoms with Crippen molar-refractivity contribution in [1.82, 2.24) is 14.5 Å². The van der Waals surface area contributed by atoms with Crippen LogP contribution < -0.4 is 4.72 Å². The molecule has 7 nitrogen and oxygen atoms in total. The van der Waals surface area contributed by atoms with E-state index in [-0.39, 0.29) is 0 Å². The van der Waals surface area contributed by atoms with Crippen molar-refractivity contribution in [3.05, 3.63) is 24.0 Å². The van der Waals surface area contributed by atoms with E-state index in [9.17, 15) is 8.42 Å². The van der Waals surface area contributed by atoms with E-state index in [1.165, 1.54) is 0 Å². The Bertz CT molecular complexity index is 800. The monoisotopic (exact) mass is 338 g/mol. The van der Waals surface area contributed by atoms with Crippen molar-refractivity contribution in [2.75, 3.05) is 37.8 Å². The molecule has 0 fully saturated rings. The molecular formula is C15H22N4O3S. The summed E-state index contributed by atoms with van der Waals surface area (Å²) in [5.41, 5.74) is 2.43. The number of aromatic nitrogens is 2. The zero-order chi connectivity index (χ0) is 16.4. The van der Waals surface area contributed by atoms with Crippen molar-refractivity contribution in [1.29, 1.82) is 0 Å². The van der Waals surface area contributed by atoms with Crippen LogP contribution in [0, 0.1) is 0 Å². The van der Waals surface area contributed by atoms with Gasteiger partial charge in [-0.2, -0.15) is 0 Å². The van der Waals surface area contributed by atoms with Crippen molar-refractivity contribution < 1.29 is 13.2 Å². The SMILES string of the molecule is COCCCN1CCn2c(nc3cc(NS(C)(=O)=O)ccc32)C1. The summed E-state index contributed by atoms with van der Waals surface area (Å²) in [6.07, 6.45) is 2.16. The van der Waals surface area contributed by atoms with Crippen molar-refractivity contribution in [2.45, 2.75) is 19.5 Å². The fourth-order valence-electron chi connectivity index (χ4n) is 2.97. The zero-order valence-corrected chi connectivity index (χ0v) is 14.3. The van der Waals surface area contributed by atoms with E-state index in [1.807, 2.05) is 6.07 Å². The number of nitrogens with one attached hydrogen (secondary N) is 1. The lowest BCUT2D eigenvalue weighted by Crippen LogP contribution is -2.34. The predicted molar refractivity (Wildman–Crippen MR) is 90.0 cm³/mol. The molecular weight excluding hydrogens is 316 g/mol. The van der Waals surface area contributed by atoms with E-state index in [0.717, 1.165) is 62.3 Å². The Morgan fingerprint density at radius 3 is 2.91 bits per heavy atom. The van der Waals surface area contributed by atoms with Crippen LogP contribution in [0.15, 0.2) is 18.2 Å². The standard InChI is InChI=1S/C15H22N4O3S/c1-22-9-3-6-18-7-8-19-14-5-4-12(17-23(2,20)21)10-13(14)16-15(19)11-18/h4-5,10,17H,3,6-9,11H2,1-2H3. The molecule has 1 N–H and O–H groups in total. The van der Waals surface area contributed by atoms with Crippen molar-refractivity contribution in [3.63, 3.8) is 0 Å². The third-order valence-corrected chi connectivity index (χ3v) is 4.56. The van der Waals surface area contributed by atoms with Crippen LogP contribution in [0.3, 0.4) is 0 Å². The number of anilines is 1. The van der Waals surface area contributed by atoms with Gasteiger partial charge in [0.15, 0.2) is 0 Å². The van der Waals surface area contributed by atoms with Crippen LogP contribution >= 0.6 is 0 Å². The molecule has 1 aromatic heterocycles. The van der Waals surface area contributed by atoms with Crippen LogP contribution in [0.2, 0.25) is 0 Å². The first-order valence-electron chi connectivity index (χ1n) is 7.64. The van der Waals surface area contributed by atoms with E-state index in [2.05, 4.69) is 19.2 Å². The summed E-state index contributed by atoms with van der Waals surface area (Å²) in [6, 6.07) is 5.50. The summed E-state index contributed by atoms with van der Waals surface area (Å²) >= 11 is 0. The number of benzene rings is 1. The molecule has 0 bridgehead atoms. The van der Waals surface area contributed by atoms with Gasteiger partial charge in [-0.15, -0.1) is 0 Å². The second-order valence-electron chi connectivity index (χ2n) is 5.88. The van der Waals surface area contributed by atoms with Gasteiger partial charge < -0.3 is 9.30 Å². The average molecular weight is 338 g/mol. The summed E-state index contributed by atoms with van der Waals surface area (Å²) in [5, 5.41) is 0. The van der Waals surface area contributed by atoms with Crippen LogP contribution in [0.4, 0.5) is 5.69 Å². The van der Waals surface area contributed by atoms with E-state index >= 15 is 0 Å². The average Bonchev–Trinajstić information content (AvgIpc) is 2.82. The van der Waals surface area contributed by atoms with Gasteiger partial charge in [-0.3, -0.25) is 9.62 Å². The Hall–Kier alpha value is -1.64. The van der Waals surface area contributed by atoms with Gasteiger partial charge in [0.2, 0.25) is 10.0 Å². The topological polar surface area (TPSA) is 76.5 Å². The van der Waals surface area contributed by atoms with Gasteiger partial charge in [-0.1, -0.05) is 0 Å². The second-order valence-corrected chi connectivity index (χ2v) is 7.63. The molecule has 0 saturated heterocycles. The number of fused-ring (bicyclic) bond motifs is 3. The maximum absolute atomic E-state index is 11.3. The van der Waals surface area contributed by atoms with Crippen LogP contribution in [-0.4, -0.2) is 55.9 Å². The van der Waals surface area contributed by atoms with Gasteiger partial charge >= 0.3 is 0 Å². The summed E-state index contributed by atoms with van der Waals surface area (Å²) < 4.78 is 32.5. The number of methoxy groups -OCH3 is 1. The van der Waals surface area contributed by atoms with E-state index in [1.54, 1.807) is 19.2 Å². The quantitative estimate of drug-likeness (QED) is 0.803. The fraction of sp³-hybridized carbons (Fsp3) is 0.533. The lowest BCUT2D eigenvalue weighted by atomic mass is 10.2. The maximum Gasteiger partial charge on any atom is 0.229 e. The highest BCUT2D eigenvalue weighted by atomic mass is 32.2. The molecule has 0 amide bonds. The van der Waals surface area contributed by atoms with Crippen LogP contribution in [-0.2, 0) is 27.8 Å². The lowest BCUT2D eigenvalue weighted by molar-refractivity contribution is 0.158. The fourth-order valence-corrected chi connectivity index (χ4v) is 3.53. The van der Waals surface area contributed by atoms with Gasteiger partial charge in [-0.05, 0) is 24.6 Å². The van der Waals surface area contributed by atoms with E-state index < -0.39 is 10.0 Å². The Balaban J connectivity index is 1.80. The highest BCUT2D eigenvalue weighted by Crippen LogP contribution is 2.24.